The number of imide groups is 1. The predicted molar refractivity (Wildman–Crippen MR) is 139 cm³/mol. The number of fused-ring (bicyclic) bond motifs is 5. The van der Waals surface area contributed by atoms with Gasteiger partial charge in [-0.3, -0.25) is 9.69 Å². The van der Waals surface area contributed by atoms with E-state index in [4.69, 9.17) is 0 Å². The fourth-order valence-corrected chi connectivity index (χ4v) is 9.44. The molecule has 1 aromatic carbocycles. The maximum atomic E-state index is 13.9. The molecule has 3 amide bonds. The summed E-state index contributed by atoms with van der Waals surface area (Å²) in [5.74, 6) is 1.53. The topological polar surface area (TPSA) is 49.4 Å². The van der Waals surface area contributed by atoms with Crippen LogP contribution in [0.4, 0.5) is 18.0 Å². The maximum absolute atomic E-state index is 13.9. The Morgan fingerprint density at radius 1 is 0.921 bits per heavy atom. The summed E-state index contributed by atoms with van der Waals surface area (Å²) in [4.78, 5) is 28.7. The Bertz CT molecular complexity index is 1140. The number of benzene rings is 1. The normalized spacial score (nSPS) is 37.9. The summed E-state index contributed by atoms with van der Waals surface area (Å²) in [6, 6.07) is 4.56. The minimum Gasteiger partial charge on any atom is -0.328 e. The number of hydrogen-bond acceptors (Lipinski definition) is 2. The summed E-state index contributed by atoms with van der Waals surface area (Å²) in [5.41, 5.74) is -0.597. The quantitative estimate of drug-likeness (QED) is 0.430. The highest BCUT2D eigenvalue weighted by molar-refractivity contribution is 6.02. The standard InChI is InChI=1S/C31H39F3N2O2/c1-28-15-5-6-23(28)22-11-12-25-29(2,24(22)13-18-28)19-14-26(37)36(25)27(38)35-30(16-3-4-17-30)20-7-9-21(10-8-20)31(32,33)34/h7-10,14,19,22-25H,3-6,11-13,15-18H2,1-2H3,(H,35,38)/t22-,23-,24-,25+,28-,29+/m0/s1. The van der Waals surface area contributed by atoms with Crippen molar-refractivity contribution in [3.63, 3.8) is 0 Å². The molecule has 6 rings (SSSR count). The van der Waals surface area contributed by atoms with Crippen LogP contribution in [0, 0.1) is 28.6 Å². The fraction of sp³-hybridized carbons (Fsp3) is 0.677. The van der Waals surface area contributed by atoms with Crippen LogP contribution in [0.1, 0.15) is 95.6 Å². The van der Waals surface area contributed by atoms with Crippen LogP contribution < -0.4 is 5.32 Å². The van der Waals surface area contributed by atoms with Gasteiger partial charge in [-0.2, -0.15) is 13.2 Å². The molecule has 4 saturated carbocycles. The van der Waals surface area contributed by atoms with Gasteiger partial charge in [-0.1, -0.05) is 51.3 Å². The third-order valence-electron chi connectivity index (χ3n) is 11.4. The van der Waals surface area contributed by atoms with E-state index in [1.807, 2.05) is 0 Å². The first-order valence-electron chi connectivity index (χ1n) is 14.5. The molecule has 1 aliphatic heterocycles. The van der Waals surface area contributed by atoms with E-state index >= 15 is 0 Å². The molecule has 0 aromatic heterocycles. The molecule has 0 saturated heterocycles. The molecule has 206 valence electrons. The molecular formula is C31H39F3N2O2. The first-order valence-corrected chi connectivity index (χ1v) is 14.5. The Morgan fingerprint density at radius 2 is 1.63 bits per heavy atom. The number of rotatable bonds is 2. The number of carbonyl (C=O) groups excluding carboxylic acids is 2. The van der Waals surface area contributed by atoms with Gasteiger partial charge in [0.25, 0.3) is 5.91 Å². The molecule has 0 spiro atoms. The van der Waals surface area contributed by atoms with E-state index in [2.05, 4.69) is 25.2 Å². The minimum atomic E-state index is -4.41. The van der Waals surface area contributed by atoms with Gasteiger partial charge >= 0.3 is 12.2 Å². The fourth-order valence-electron chi connectivity index (χ4n) is 9.44. The van der Waals surface area contributed by atoms with E-state index in [1.54, 1.807) is 6.08 Å². The molecule has 4 nitrogen and oxygen atoms in total. The Morgan fingerprint density at radius 3 is 2.32 bits per heavy atom. The van der Waals surface area contributed by atoms with Gasteiger partial charge in [-0.25, -0.2) is 4.79 Å². The molecule has 0 radical (unpaired) electrons. The van der Waals surface area contributed by atoms with Crippen LogP contribution in [-0.4, -0.2) is 22.9 Å². The number of urea groups is 1. The number of nitrogens with one attached hydrogen (secondary N) is 1. The molecule has 0 unspecified atom stereocenters. The summed E-state index contributed by atoms with van der Waals surface area (Å²) >= 11 is 0. The van der Waals surface area contributed by atoms with E-state index in [0.29, 0.717) is 35.7 Å². The first kappa shape index (κ1) is 25.9. The zero-order valence-corrected chi connectivity index (χ0v) is 22.4. The molecule has 6 atom stereocenters. The van der Waals surface area contributed by atoms with Gasteiger partial charge in [-0.05, 0) is 92.2 Å². The first-order chi connectivity index (χ1) is 18.0. The van der Waals surface area contributed by atoms with Crippen molar-refractivity contribution in [3.05, 3.63) is 47.5 Å². The van der Waals surface area contributed by atoms with Gasteiger partial charge in [0, 0.05) is 11.5 Å². The third-order valence-corrected chi connectivity index (χ3v) is 11.4. The highest BCUT2D eigenvalue weighted by Gasteiger charge is 2.59. The summed E-state index contributed by atoms with van der Waals surface area (Å²) in [7, 11) is 0. The zero-order valence-electron chi connectivity index (χ0n) is 22.4. The zero-order chi connectivity index (χ0) is 26.9. The van der Waals surface area contributed by atoms with Crippen LogP contribution in [-0.2, 0) is 16.5 Å². The van der Waals surface area contributed by atoms with Gasteiger partial charge in [0.1, 0.15) is 0 Å². The molecular weight excluding hydrogens is 489 g/mol. The highest BCUT2D eigenvalue weighted by Crippen LogP contribution is 2.64. The maximum Gasteiger partial charge on any atom is 0.416 e. The highest BCUT2D eigenvalue weighted by atomic mass is 19.4. The van der Waals surface area contributed by atoms with Gasteiger partial charge in [0.05, 0.1) is 17.1 Å². The van der Waals surface area contributed by atoms with Crippen molar-refractivity contribution >= 4 is 11.9 Å². The number of hydrogen-bond donors (Lipinski definition) is 1. The van der Waals surface area contributed by atoms with Crippen LogP contribution in [0.2, 0.25) is 0 Å². The number of alkyl halides is 3. The summed E-state index contributed by atoms with van der Waals surface area (Å²) < 4.78 is 39.5. The van der Waals surface area contributed by atoms with Crippen molar-refractivity contribution in [3.8, 4) is 0 Å². The second-order valence-electron chi connectivity index (χ2n) is 13.3. The van der Waals surface area contributed by atoms with Gasteiger partial charge < -0.3 is 5.32 Å². The third kappa shape index (κ3) is 3.93. The van der Waals surface area contributed by atoms with Crippen LogP contribution in [0.25, 0.3) is 0 Å². The number of amides is 3. The largest absolute Gasteiger partial charge is 0.416 e. The lowest BCUT2D eigenvalue weighted by molar-refractivity contribution is -0.137. The van der Waals surface area contributed by atoms with Crippen molar-refractivity contribution in [1.29, 1.82) is 0 Å². The van der Waals surface area contributed by atoms with Crippen LogP contribution in [0.3, 0.4) is 0 Å². The molecule has 4 fully saturated rings. The van der Waals surface area contributed by atoms with Crippen molar-refractivity contribution in [1.82, 2.24) is 10.2 Å². The molecule has 0 bridgehead atoms. The predicted octanol–water partition coefficient (Wildman–Crippen LogP) is 7.58. The van der Waals surface area contributed by atoms with Crippen molar-refractivity contribution in [2.24, 2.45) is 28.6 Å². The van der Waals surface area contributed by atoms with E-state index in [-0.39, 0.29) is 17.4 Å². The SMILES string of the molecule is C[C@@]12CCC[C@H]1[C@@H]1CC[C@H]3N(C(=O)NC4(c5ccc(C(F)(F)F)cc5)CCCC4)C(=O)C=C[C@]3(C)[C@H]1CC2. The van der Waals surface area contributed by atoms with E-state index < -0.39 is 23.3 Å². The van der Waals surface area contributed by atoms with Crippen molar-refractivity contribution in [2.75, 3.05) is 0 Å². The lowest BCUT2D eigenvalue weighted by Crippen LogP contribution is -2.64. The van der Waals surface area contributed by atoms with E-state index in [0.717, 1.165) is 50.2 Å². The second-order valence-corrected chi connectivity index (χ2v) is 13.3. The Balaban J connectivity index is 1.27. The van der Waals surface area contributed by atoms with Gasteiger partial charge in [-0.15, -0.1) is 0 Å². The Labute approximate surface area is 223 Å². The monoisotopic (exact) mass is 528 g/mol. The molecule has 1 N–H and O–H groups in total. The number of halogens is 3. The van der Waals surface area contributed by atoms with E-state index in [9.17, 15) is 22.8 Å². The number of carbonyl (C=O) groups is 2. The smallest absolute Gasteiger partial charge is 0.328 e. The average molecular weight is 529 g/mol. The molecule has 1 heterocycles. The van der Waals surface area contributed by atoms with Crippen LogP contribution in [0.15, 0.2) is 36.4 Å². The lowest BCUT2D eigenvalue weighted by Gasteiger charge is -2.59. The Kier molecular flexibility index (Phi) is 6.04. The van der Waals surface area contributed by atoms with Crippen molar-refractivity contribution in [2.45, 2.75) is 102 Å². The molecule has 5 aliphatic rings. The summed E-state index contributed by atoms with van der Waals surface area (Å²) in [6.07, 6.45) is 10.4. The summed E-state index contributed by atoms with van der Waals surface area (Å²) in [5, 5.41) is 3.18. The molecule has 4 aliphatic carbocycles. The van der Waals surface area contributed by atoms with Gasteiger partial charge in [0.15, 0.2) is 0 Å². The Hall–Kier alpha value is -2.31. The van der Waals surface area contributed by atoms with Crippen molar-refractivity contribution < 1.29 is 22.8 Å². The van der Waals surface area contributed by atoms with Gasteiger partial charge in [0.2, 0.25) is 0 Å². The lowest BCUT2D eigenvalue weighted by atomic mass is 9.48. The summed E-state index contributed by atoms with van der Waals surface area (Å²) in [6.45, 7) is 4.72. The minimum absolute atomic E-state index is 0.196. The van der Waals surface area contributed by atoms with Crippen LogP contribution in [0.5, 0.6) is 0 Å². The molecule has 7 heteroatoms. The second kappa shape index (κ2) is 8.85. The number of nitrogens with zero attached hydrogens (tertiary/aromatic N) is 1. The average Bonchev–Trinajstić information content (AvgIpc) is 3.51. The molecule has 38 heavy (non-hydrogen) atoms. The van der Waals surface area contributed by atoms with Crippen LogP contribution >= 0.6 is 0 Å². The van der Waals surface area contributed by atoms with E-state index in [1.165, 1.54) is 42.7 Å². The molecule has 1 aromatic rings.